The van der Waals surface area contributed by atoms with Gasteiger partial charge < -0.3 is 9.15 Å². The molecule has 0 radical (unpaired) electrons. The van der Waals surface area contributed by atoms with E-state index in [1.807, 2.05) is 18.2 Å². The molecule has 3 rings (SSSR count). The van der Waals surface area contributed by atoms with Crippen LogP contribution in [-0.2, 0) is 11.3 Å². The predicted molar refractivity (Wildman–Crippen MR) is 76.6 cm³/mol. The minimum Gasteiger partial charge on any atom is -0.461 e. The van der Waals surface area contributed by atoms with Crippen LogP contribution in [0.4, 0.5) is 0 Å². The molecule has 0 aliphatic rings. The van der Waals surface area contributed by atoms with Crippen LogP contribution in [0.2, 0.25) is 0 Å². The number of ether oxygens (including phenoxy) is 1. The highest BCUT2D eigenvalue weighted by atomic mass is 16.5. The fourth-order valence-corrected chi connectivity index (χ4v) is 2.10. The van der Waals surface area contributed by atoms with Crippen LogP contribution in [0, 0.1) is 0 Å². The lowest BCUT2D eigenvalue weighted by Gasteiger charge is -2.04. The molecule has 20 heavy (non-hydrogen) atoms. The number of furan rings is 1. The number of ketones is 1. The van der Waals surface area contributed by atoms with Crippen molar-refractivity contribution in [3.63, 3.8) is 0 Å². The van der Waals surface area contributed by atoms with E-state index in [0.29, 0.717) is 12.4 Å². The van der Waals surface area contributed by atoms with Crippen LogP contribution in [-0.4, -0.2) is 12.4 Å². The van der Waals surface area contributed by atoms with E-state index in [9.17, 15) is 4.79 Å². The minimum atomic E-state index is -0.143. The zero-order valence-electron chi connectivity index (χ0n) is 10.9. The molecule has 0 fully saturated rings. The first-order valence-corrected chi connectivity index (χ1v) is 6.45. The molecule has 0 saturated heterocycles. The van der Waals surface area contributed by atoms with Gasteiger partial charge in [-0.1, -0.05) is 36.4 Å². The van der Waals surface area contributed by atoms with Crippen molar-refractivity contribution in [1.29, 1.82) is 0 Å². The second-order valence-electron chi connectivity index (χ2n) is 4.57. The van der Waals surface area contributed by atoms with Crippen LogP contribution in [0.5, 0.6) is 0 Å². The van der Waals surface area contributed by atoms with Gasteiger partial charge in [0.15, 0.2) is 5.76 Å². The molecule has 0 amide bonds. The van der Waals surface area contributed by atoms with E-state index < -0.39 is 0 Å². The van der Waals surface area contributed by atoms with Crippen molar-refractivity contribution in [1.82, 2.24) is 0 Å². The van der Waals surface area contributed by atoms with Gasteiger partial charge in [0.25, 0.3) is 0 Å². The van der Waals surface area contributed by atoms with Gasteiger partial charge in [0.2, 0.25) is 5.78 Å². The summed E-state index contributed by atoms with van der Waals surface area (Å²) < 4.78 is 10.5. The van der Waals surface area contributed by atoms with Crippen LogP contribution in [0.1, 0.15) is 16.1 Å². The van der Waals surface area contributed by atoms with Gasteiger partial charge in [-0.3, -0.25) is 4.79 Å². The van der Waals surface area contributed by atoms with Crippen molar-refractivity contribution >= 4 is 16.6 Å². The van der Waals surface area contributed by atoms with E-state index in [2.05, 4.69) is 24.3 Å². The summed E-state index contributed by atoms with van der Waals surface area (Å²) in [6, 6.07) is 17.6. The summed E-state index contributed by atoms with van der Waals surface area (Å²) >= 11 is 0. The maximum atomic E-state index is 11.7. The number of carbonyl (C=O) groups is 1. The predicted octanol–water partition coefficient (Wildman–Crippen LogP) is 3.83. The van der Waals surface area contributed by atoms with Gasteiger partial charge in [-0.15, -0.1) is 0 Å². The van der Waals surface area contributed by atoms with Crippen LogP contribution < -0.4 is 0 Å². The van der Waals surface area contributed by atoms with Crippen LogP contribution in [0.25, 0.3) is 10.8 Å². The molecule has 0 bridgehead atoms. The summed E-state index contributed by atoms with van der Waals surface area (Å²) in [5.41, 5.74) is 1.05. The van der Waals surface area contributed by atoms with Gasteiger partial charge in [0.1, 0.15) is 6.61 Å². The van der Waals surface area contributed by atoms with Crippen molar-refractivity contribution < 1.29 is 13.9 Å². The summed E-state index contributed by atoms with van der Waals surface area (Å²) in [7, 11) is 0. The summed E-state index contributed by atoms with van der Waals surface area (Å²) in [6.45, 7) is 0.442. The SMILES string of the molecule is O=C(COCc1ccc2ccccc2c1)c1ccco1. The van der Waals surface area contributed by atoms with E-state index >= 15 is 0 Å². The van der Waals surface area contributed by atoms with Gasteiger partial charge in [-0.05, 0) is 34.5 Å². The number of Topliss-reactive ketones (excluding diaryl/α,β-unsaturated/α-hetero) is 1. The summed E-state index contributed by atoms with van der Waals surface area (Å²) in [5.74, 6) is 0.194. The minimum absolute atomic E-state index is 0.0281. The highest BCUT2D eigenvalue weighted by molar-refractivity contribution is 5.94. The second-order valence-corrected chi connectivity index (χ2v) is 4.57. The molecule has 2 aromatic carbocycles. The van der Waals surface area contributed by atoms with Gasteiger partial charge in [0, 0.05) is 0 Å². The van der Waals surface area contributed by atoms with Crippen LogP contribution in [0.3, 0.4) is 0 Å². The van der Waals surface area contributed by atoms with Crippen LogP contribution >= 0.6 is 0 Å². The van der Waals surface area contributed by atoms with E-state index in [1.54, 1.807) is 12.1 Å². The lowest BCUT2D eigenvalue weighted by atomic mass is 10.1. The number of carbonyl (C=O) groups excluding carboxylic acids is 1. The Morgan fingerprint density at radius 1 is 1.00 bits per heavy atom. The van der Waals surface area contributed by atoms with E-state index in [-0.39, 0.29) is 12.4 Å². The van der Waals surface area contributed by atoms with Gasteiger partial charge in [0.05, 0.1) is 12.9 Å². The molecular weight excluding hydrogens is 252 g/mol. The van der Waals surface area contributed by atoms with Crippen molar-refractivity contribution in [3.05, 3.63) is 72.2 Å². The molecule has 0 atom stereocenters. The largest absolute Gasteiger partial charge is 0.461 e. The van der Waals surface area contributed by atoms with E-state index in [1.165, 1.54) is 17.0 Å². The first-order chi connectivity index (χ1) is 9.83. The Bertz CT molecular complexity index is 714. The first kappa shape index (κ1) is 12.6. The van der Waals surface area contributed by atoms with Crippen molar-refractivity contribution in [2.75, 3.05) is 6.61 Å². The molecule has 1 heterocycles. The van der Waals surface area contributed by atoms with Crippen LogP contribution in [0.15, 0.2) is 65.3 Å². The number of fused-ring (bicyclic) bond motifs is 1. The smallest absolute Gasteiger partial charge is 0.223 e. The fourth-order valence-electron chi connectivity index (χ4n) is 2.10. The first-order valence-electron chi connectivity index (χ1n) is 6.45. The summed E-state index contributed by atoms with van der Waals surface area (Å²) in [6.07, 6.45) is 1.48. The lowest BCUT2D eigenvalue weighted by Crippen LogP contribution is -2.08. The molecule has 0 aliphatic heterocycles. The Kier molecular flexibility index (Phi) is 3.61. The third-order valence-corrected chi connectivity index (χ3v) is 3.11. The molecule has 0 saturated carbocycles. The monoisotopic (exact) mass is 266 g/mol. The topological polar surface area (TPSA) is 39.4 Å². The van der Waals surface area contributed by atoms with E-state index in [4.69, 9.17) is 9.15 Å². The van der Waals surface area contributed by atoms with Crippen molar-refractivity contribution in [2.45, 2.75) is 6.61 Å². The Balaban J connectivity index is 1.61. The molecule has 1 aromatic heterocycles. The highest BCUT2D eigenvalue weighted by Gasteiger charge is 2.08. The number of hydrogen-bond donors (Lipinski definition) is 0. The quantitative estimate of drug-likeness (QED) is 0.659. The highest BCUT2D eigenvalue weighted by Crippen LogP contribution is 2.16. The molecule has 3 heteroatoms. The van der Waals surface area contributed by atoms with Gasteiger partial charge in [-0.2, -0.15) is 0 Å². The average molecular weight is 266 g/mol. The second kappa shape index (κ2) is 5.72. The molecule has 0 spiro atoms. The third-order valence-electron chi connectivity index (χ3n) is 3.11. The molecule has 0 aliphatic carbocycles. The molecule has 3 aromatic rings. The molecular formula is C17H14O3. The van der Waals surface area contributed by atoms with Crippen molar-refractivity contribution in [3.8, 4) is 0 Å². The Morgan fingerprint density at radius 2 is 1.85 bits per heavy atom. The molecule has 3 nitrogen and oxygen atoms in total. The normalized spacial score (nSPS) is 10.8. The number of hydrogen-bond acceptors (Lipinski definition) is 3. The summed E-state index contributed by atoms with van der Waals surface area (Å²) in [5, 5.41) is 2.37. The Hall–Kier alpha value is -2.39. The third kappa shape index (κ3) is 2.78. The van der Waals surface area contributed by atoms with Gasteiger partial charge in [-0.25, -0.2) is 0 Å². The Morgan fingerprint density at radius 3 is 2.65 bits per heavy atom. The number of benzene rings is 2. The molecule has 100 valence electrons. The lowest BCUT2D eigenvalue weighted by molar-refractivity contribution is 0.0700. The molecule has 0 N–H and O–H groups in total. The fraction of sp³-hybridized carbons (Fsp3) is 0.118. The Labute approximate surface area is 116 Å². The zero-order chi connectivity index (χ0) is 13.8. The molecule has 0 unspecified atom stereocenters. The maximum absolute atomic E-state index is 11.7. The maximum Gasteiger partial charge on any atom is 0.223 e. The zero-order valence-corrected chi connectivity index (χ0v) is 10.9. The van der Waals surface area contributed by atoms with Crippen molar-refractivity contribution in [2.24, 2.45) is 0 Å². The standard InChI is InChI=1S/C17H14O3/c18-16(17-6-3-9-20-17)12-19-11-13-7-8-14-4-1-2-5-15(14)10-13/h1-10H,11-12H2. The van der Waals surface area contributed by atoms with E-state index in [0.717, 1.165) is 5.56 Å². The van der Waals surface area contributed by atoms with Gasteiger partial charge >= 0.3 is 0 Å². The number of rotatable bonds is 5. The summed E-state index contributed by atoms with van der Waals surface area (Å²) in [4.78, 5) is 11.7. The average Bonchev–Trinajstić information content (AvgIpc) is 3.01.